The lowest BCUT2D eigenvalue weighted by Gasteiger charge is -2.10. The van der Waals surface area contributed by atoms with Gasteiger partial charge in [-0.3, -0.25) is 0 Å². The van der Waals surface area contributed by atoms with Gasteiger partial charge in [-0.2, -0.15) is 0 Å². The van der Waals surface area contributed by atoms with Gasteiger partial charge in [0.1, 0.15) is 0 Å². The summed E-state index contributed by atoms with van der Waals surface area (Å²) >= 11 is 0. The second kappa shape index (κ2) is 35.7. The summed E-state index contributed by atoms with van der Waals surface area (Å²) in [7, 11) is 0. The van der Waals surface area contributed by atoms with Crippen molar-refractivity contribution in [3.05, 3.63) is 35.4 Å². The van der Waals surface area contributed by atoms with Gasteiger partial charge in [0, 0.05) is 13.1 Å². The zero-order chi connectivity index (χ0) is 30.0. The number of benzene rings is 1. The molecular weight excluding hydrogens is 552 g/mol. The van der Waals surface area contributed by atoms with Crippen molar-refractivity contribution in [2.45, 2.75) is 130 Å². The summed E-state index contributed by atoms with van der Waals surface area (Å²) in [5, 5.41) is 21.6. The van der Waals surface area contributed by atoms with Gasteiger partial charge in [-0.15, -0.1) is 12.4 Å². The molecule has 254 valence electrons. The summed E-state index contributed by atoms with van der Waals surface area (Å²) in [6.07, 6.45) is 21.3. The van der Waals surface area contributed by atoms with Gasteiger partial charge in [-0.1, -0.05) is 102 Å². The number of hydrogen-bond donors (Lipinski definition) is 6. The van der Waals surface area contributed by atoms with Gasteiger partial charge in [-0.25, -0.2) is 0 Å². The molecule has 0 bridgehead atoms. The lowest BCUT2D eigenvalue weighted by Crippen LogP contribution is -2.25. The fourth-order valence-corrected chi connectivity index (χ4v) is 5.23. The SMILES string of the molecule is CCCCCCCCNCCCNCCCNCc1cccc(CNCCCNCCCNCCCCCCCC)c1.Cl. The van der Waals surface area contributed by atoms with Crippen molar-refractivity contribution < 1.29 is 0 Å². The van der Waals surface area contributed by atoms with Crippen molar-refractivity contribution in [2.75, 3.05) is 65.4 Å². The second-order valence-corrected chi connectivity index (χ2v) is 12.1. The van der Waals surface area contributed by atoms with Gasteiger partial charge in [0.15, 0.2) is 0 Å². The minimum Gasteiger partial charge on any atom is -0.317 e. The van der Waals surface area contributed by atoms with Gasteiger partial charge in [-0.05, 0) is 115 Å². The fraction of sp³-hybridized carbons (Fsp3) is 0.833. The van der Waals surface area contributed by atoms with Gasteiger partial charge < -0.3 is 31.9 Å². The average molecular weight is 625 g/mol. The van der Waals surface area contributed by atoms with Crippen LogP contribution in [0.25, 0.3) is 0 Å². The molecular formula is C36H73ClN6. The highest BCUT2D eigenvalue weighted by molar-refractivity contribution is 5.85. The molecule has 0 aliphatic heterocycles. The topological polar surface area (TPSA) is 72.2 Å². The van der Waals surface area contributed by atoms with Crippen LogP contribution in [0.2, 0.25) is 0 Å². The predicted molar refractivity (Wildman–Crippen MR) is 194 cm³/mol. The Morgan fingerprint density at radius 2 is 0.674 bits per heavy atom. The van der Waals surface area contributed by atoms with Gasteiger partial charge in [0.2, 0.25) is 0 Å². The Morgan fingerprint density at radius 3 is 1.05 bits per heavy atom. The third-order valence-electron chi connectivity index (χ3n) is 7.89. The quantitative estimate of drug-likeness (QED) is 0.0468. The number of halogens is 1. The van der Waals surface area contributed by atoms with E-state index in [0.717, 1.165) is 65.4 Å². The molecule has 0 amide bonds. The van der Waals surface area contributed by atoms with Crippen LogP contribution in [0.4, 0.5) is 0 Å². The standard InChI is InChI=1S/C36H72N6.ClH/c1-3-5-7-9-11-13-22-37-24-16-26-39-28-18-30-41-33-35-20-15-21-36(32-35)34-42-31-19-29-40-27-17-25-38-23-14-12-10-8-6-4-2;/h15,20-21,32,37-42H,3-14,16-19,22-31,33-34H2,1-2H3;1H. The van der Waals surface area contributed by atoms with Crippen molar-refractivity contribution in [1.82, 2.24) is 31.9 Å². The summed E-state index contributed by atoms with van der Waals surface area (Å²) in [4.78, 5) is 0. The highest BCUT2D eigenvalue weighted by atomic mass is 35.5. The molecule has 0 radical (unpaired) electrons. The maximum Gasteiger partial charge on any atom is 0.0205 e. The zero-order valence-corrected chi connectivity index (χ0v) is 29.3. The molecule has 0 aliphatic rings. The first-order valence-corrected chi connectivity index (χ1v) is 18.2. The van der Waals surface area contributed by atoms with E-state index >= 15 is 0 Å². The van der Waals surface area contributed by atoms with Crippen LogP contribution in [0.5, 0.6) is 0 Å². The number of nitrogens with one attached hydrogen (secondary N) is 6. The Balaban J connectivity index is 0.0000176. The fourth-order valence-electron chi connectivity index (χ4n) is 5.23. The number of hydrogen-bond acceptors (Lipinski definition) is 6. The molecule has 1 aromatic carbocycles. The minimum absolute atomic E-state index is 0. The molecule has 0 fully saturated rings. The summed E-state index contributed by atoms with van der Waals surface area (Å²) in [6.45, 7) is 17.7. The Hall–Kier alpha value is -0.730. The van der Waals surface area contributed by atoms with Crippen LogP contribution in [0.15, 0.2) is 24.3 Å². The molecule has 0 saturated heterocycles. The van der Waals surface area contributed by atoms with Gasteiger partial charge in [0.25, 0.3) is 0 Å². The van der Waals surface area contributed by atoms with Crippen molar-refractivity contribution in [1.29, 1.82) is 0 Å². The predicted octanol–water partition coefficient (Wildman–Crippen LogP) is 6.93. The molecule has 0 spiro atoms. The van der Waals surface area contributed by atoms with Crippen LogP contribution in [-0.4, -0.2) is 65.4 Å². The number of unbranched alkanes of at least 4 members (excludes halogenated alkanes) is 10. The Bertz CT molecular complexity index is 611. The molecule has 1 rings (SSSR count). The Morgan fingerprint density at radius 1 is 0.372 bits per heavy atom. The zero-order valence-electron chi connectivity index (χ0n) is 28.5. The lowest BCUT2D eigenvalue weighted by atomic mass is 10.1. The Labute approximate surface area is 274 Å². The molecule has 0 saturated carbocycles. The highest BCUT2D eigenvalue weighted by Crippen LogP contribution is 2.06. The first-order chi connectivity index (χ1) is 20.9. The monoisotopic (exact) mass is 625 g/mol. The summed E-state index contributed by atoms with van der Waals surface area (Å²) in [5.41, 5.74) is 2.76. The van der Waals surface area contributed by atoms with Crippen LogP contribution < -0.4 is 31.9 Å². The van der Waals surface area contributed by atoms with E-state index in [1.807, 2.05) is 0 Å². The largest absolute Gasteiger partial charge is 0.317 e. The molecule has 0 unspecified atom stereocenters. The Kier molecular flexibility index (Phi) is 35.1. The summed E-state index contributed by atoms with van der Waals surface area (Å²) in [6, 6.07) is 9.00. The minimum atomic E-state index is 0. The second-order valence-electron chi connectivity index (χ2n) is 12.1. The van der Waals surface area contributed by atoms with Crippen LogP contribution in [0.1, 0.15) is 128 Å². The average Bonchev–Trinajstić information content (AvgIpc) is 3.01. The van der Waals surface area contributed by atoms with Crippen LogP contribution in [0.3, 0.4) is 0 Å². The summed E-state index contributed by atoms with van der Waals surface area (Å²) < 4.78 is 0. The van der Waals surface area contributed by atoms with Crippen LogP contribution in [-0.2, 0) is 13.1 Å². The van der Waals surface area contributed by atoms with E-state index in [1.54, 1.807) is 0 Å². The van der Waals surface area contributed by atoms with E-state index < -0.39 is 0 Å². The molecule has 43 heavy (non-hydrogen) atoms. The van der Waals surface area contributed by atoms with Gasteiger partial charge in [0.05, 0.1) is 0 Å². The van der Waals surface area contributed by atoms with Crippen molar-refractivity contribution in [3.63, 3.8) is 0 Å². The molecule has 0 heterocycles. The lowest BCUT2D eigenvalue weighted by molar-refractivity contribution is 0.543. The van der Waals surface area contributed by atoms with E-state index in [0.29, 0.717) is 0 Å². The van der Waals surface area contributed by atoms with Crippen LogP contribution >= 0.6 is 12.4 Å². The molecule has 7 heteroatoms. The first-order valence-electron chi connectivity index (χ1n) is 18.2. The van der Waals surface area contributed by atoms with E-state index in [2.05, 4.69) is 70.0 Å². The van der Waals surface area contributed by atoms with Gasteiger partial charge >= 0.3 is 0 Å². The van der Waals surface area contributed by atoms with Crippen molar-refractivity contribution >= 4 is 12.4 Å². The maximum atomic E-state index is 3.61. The smallest absolute Gasteiger partial charge is 0.0205 e. The van der Waals surface area contributed by atoms with E-state index in [1.165, 1.54) is 127 Å². The van der Waals surface area contributed by atoms with Crippen molar-refractivity contribution in [3.8, 4) is 0 Å². The van der Waals surface area contributed by atoms with Crippen LogP contribution in [0, 0.1) is 0 Å². The molecule has 0 atom stereocenters. The molecule has 1 aromatic rings. The third-order valence-corrected chi connectivity index (χ3v) is 7.89. The normalized spacial score (nSPS) is 11.2. The first kappa shape index (κ1) is 42.3. The highest BCUT2D eigenvalue weighted by Gasteiger charge is 1.98. The summed E-state index contributed by atoms with van der Waals surface area (Å²) in [5.74, 6) is 0. The molecule has 6 N–H and O–H groups in total. The van der Waals surface area contributed by atoms with E-state index in [9.17, 15) is 0 Å². The van der Waals surface area contributed by atoms with E-state index in [4.69, 9.17) is 0 Å². The third kappa shape index (κ3) is 31.1. The molecule has 0 aliphatic carbocycles. The molecule has 6 nitrogen and oxygen atoms in total. The molecule has 0 aromatic heterocycles. The van der Waals surface area contributed by atoms with Crippen molar-refractivity contribution in [2.24, 2.45) is 0 Å². The number of rotatable bonds is 34. The maximum absolute atomic E-state index is 3.61. The van der Waals surface area contributed by atoms with E-state index in [-0.39, 0.29) is 12.4 Å².